The van der Waals surface area contributed by atoms with Crippen molar-refractivity contribution in [2.75, 3.05) is 6.54 Å². The van der Waals surface area contributed by atoms with Crippen molar-refractivity contribution in [1.82, 2.24) is 4.90 Å². The van der Waals surface area contributed by atoms with Gasteiger partial charge in [0.15, 0.2) is 0 Å². The Hall–Kier alpha value is -1.16. The van der Waals surface area contributed by atoms with Gasteiger partial charge < -0.3 is 5.73 Å². The van der Waals surface area contributed by atoms with Gasteiger partial charge in [-0.3, -0.25) is 14.5 Å². The zero-order valence-corrected chi connectivity index (χ0v) is 11.3. The lowest BCUT2D eigenvalue weighted by atomic mass is 9.83. The number of carbonyl (C=O) groups is 2. The lowest BCUT2D eigenvalue weighted by Gasteiger charge is -2.36. The molecular formula is C15H22N2O2. The molecule has 0 aromatic rings. The molecule has 3 aliphatic rings. The Labute approximate surface area is 114 Å². The van der Waals surface area contributed by atoms with Crippen molar-refractivity contribution in [2.45, 2.75) is 44.6 Å². The summed E-state index contributed by atoms with van der Waals surface area (Å²) in [7, 11) is 0. The molecule has 4 heteroatoms. The molecule has 19 heavy (non-hydrogen) atoms. The predicted octanol–water partition coefficient (Wildman–Crippen LogP) is 1.46. The van der Waals surface area contributed by atoms with Gasteiger partial charge in [0.25, 0.3) is 0 Å². The Kier molecular flexibility index (Phi) is 3.44. The highest BCUT2D eigenvalue weighted by Gasteiger charge is 2.50. The zero-order valence-electron chi connectivity index (χ0n) is 11.3. The third kappa shape index (κ3) is 2.02. The smallest absolute Gasteiger partial charge is 0.233 e. The van der Waals surface area contributed by atoms with Crippen molar-refractivity contribution in [3.05, 3.63) is 12.2 Å². The van der Waals surface area contributed by atoms with E-state index in [0.717, 1.165) is 32.1 Å². The Morgan fingerprint density at radius 1 is 1.05 bits per heavy atom. The van der Waals surface area contributed by atoms with Gasteiger partial charge in [0.2, 0.25) is 11.8 Å². The molecule has 2 aliphatic carbocycles. The van der Waals surface area contributed by atoms with E-state index in [1.807, 2.05) is 12.2 Å². The van der Waals surface area contributed by atoms with Gasteiger partial charge in [0.05, 0.1) is 11.8 Å². The second-order valence-corrected chi connectivity index (χ2v) is 6.05. The number of hydrogen-bond acceptors (Lipinski definition) is 3. The molecule has 104 valence electrons. The van der Waals surface area contributed by atoms with E-state index in [1.54, 1.807) is 4.90 Å². The third-order valence-corrected chi connectivity index (χ3v) is 5.05. The molecule has 3 rings (SSSR count). The van der Waals surface area contributed by atoms with Gasteiger partial charge in [-0.15, -0.1) is 0 Å². The van der Waals surface area contributed by atoms with E-state index in [1.165, 1.54) is 6.42 Å². The molecule has 4 atom stereocenters. The highest BCUT2D eigenvalue weighted by atomic mass is 16.2. The predicted molar refractivity (Wildman–Crippen MR) is 72.0 cm³/mol. The first-order valence-corrected chi connectivity index (χ1v) is 7.46. The van der Waals surface area contributed by atoms with Crippen LogP contribution in [0.1, 0.15) is 38.5 Å². The molecule has 0 radical (unpaired) electrons. The molecule has 2 fully saturated rings. The molecule has 1 aliphatic heterocycles. The molecule has 0 aromatic heterocycles. The van der Waals surface area contributed by atoms with Gasteiger partial charge in [0, 0.05) is 6.04 Å². The van der Waals surface area contributed by atoms with Crippen molar-refractivity contribution in [3.8, 4) is 0 Å². The molecule has 0 spiro atoms. The van der Waals surface area contributed by atoms with Crippen LogP contribution in [-0.2, 0) is 9.59 Å². The number of fused-ring (bicyclic) bond motifs is 1. The van der Waals surface area contributed by atoms with Gasteiger partial charge in [-0.1, -0.05) is 25.0 Å². The van der Waals surface area contributed by atoms with E-state index >= 15 is 0 Å². The maximum Gasteiger partial charge on any atom is 0.233 e. The lowest BCUT2D eigenvalue weighted by Crippen LogP contribution is -2.48. The SMILES string of the molecule is NCC1CCCCC1N1C(=O)[C@H]2CC=CC[C@H]2C1=O. The monoisotopic (exact) mass is 262 g/mol. The zero-order chi connectivity index (χ0) is 13.4. The molecule has 1 saturated carbocycles. The van der Waals surface area contributed by atoms with E-state index in [-0.39, 0.29) is 29.7 Å². The van der Waals surface area contributed by atoms with Crippen LogP contribution in [-0.4, -0.2) is 29.3 Å². The van der Waals surface area contributed by atoms with Crippen LogP contribution in [0.2, 0.25) is 0 Å². The molecule has 0 aromatic carbocycles. The number of nitrogens with zero attached hydrogens (tertiary/aromatic N) is 1. The minimum Gasteiger partial charge on any atom is -0.330 e. The fourth-order valence-electron chi connectivity index (χ4n) is 3.96. The van der Waals surface area contributed by atoms with Crippen LogP contribution < -0.4 is 5.73 Å². The summed E-state index contributed by atoms with van der Waals surface area (Å²) >= 11 is 0. The van der Waals surface area contributed by atoms with Crippen LogP contribution in [0.3, 0.4) is 0 Å². The average molecular weight is 262 g/mol. The van der Waals surface area contributed by atoms with E-state index in [4.69, 9.17) is 5.73 Å². The minimum atomic E-state index is -0.0992. The minimum absolute atomic E-state index is 0.0596. The second-order valence-electron chi connectivity index (χ2n) is 6.05. The third-order valence-electron chi connectivity index (χ3n) is 5.05. The molecule has 4 nitrogen and oxygen atoms in total. The largest absolute Gasteiger partial charge is 0.330 e. The summed E-state index contributed by atoms with van der Waals surface area (Å²) in [6.45, 7) is 0.579. The van der Waals surface area contributed by atoms with Crippen LogP contribution in [0.25, 0.3) is 0 Å². The van der Waals surface area contributed by atoms with Gasteiger partial charge in [-0.05, 0) is 38.1 Å². The van der Waals surface area contributed by atoms with Crippen molar-refractivity contribution >= 4 is 11.8 Å². The first-order chi connectivity index (χ1) is 9.24. The number of hydrogen-bond donors (Lipinski definition) is 1. The quantitative estimate of drug-likeness (QED) is 0.605. The van der Waals surface area contributed by atoms with Crippen LogP contribution >= 0.6 is 0 Å². The molecule has 2 N–H and O–H groups in total. The molecule has 1 heterocycles. The fraction of sp³-hybridized carbons (Fsp3) is 0.733. The number of rotatable bonds is 2. The summed E-state index contributed by atoms with van der Waals surface area (Å²) in [5.41, 5.74) is 5.84. The van der Waals surface area contributed by atoms with Crippen molar-refractivity contribution < 1.29 is 9.59 Å². The fourth-order valence-corrected chi connectivity index (χ4v) is 3.96. The topological polar surface area (TPSA) is 63.4 Å². The number of imide groups is 1. The highest BCUT2D eigenvalue weighted by Crippen LogP contribution is 2.39. The van der Waals surface area contributed by atoms with Gasteiger partial charge in [0.1, 0.15) is 0 Å². The first-order valence-electron chi connectivity index (χ1n) is 7.46. The normalized spacial score (nSPS) is 38.7. The maximum atomic E-state index is 12.5. The Bertz CT molecular complexity index is 392. The van der Waals surface area contributed by atoms with Gasteiger partial charge in [-0.25, -0.2) is 0 Å². The Morgan fingerprint density at radius 3 is 2.21 bits per heavy atom. The summed E-state index contributed by atoms with van der Waals surface area (Å²) in [5, 5.41) is 0. The van der Waals surface area contributed by atoms with Crippen molar-refractivity contribution in [3.63, 3.8) is 0 Å². The van der Waals surface area contributed by atoms with Gasteiger partial charge in [-0.2, -0.15) is 0 Å². The van der Waals surface area contributed by atoms with Crippen LogP contribution in [0, 0.1) is 17.8 Å². The van der Waals surface area contributed by atoms with E-state index in [9.17, 15) is 9.59 Å². The molecular weight excluding hydrogens is 240 g/mol. The average Bonchev–Trinajstić information content (AvgIpc) is 2.71. The summed E-state index contributed by atoms with van der Waals surface area (Å²) < 4.78 is 0. The standard InChI is InChI=1S/C15H22N2O2/c16-9-10-5-1-4-8-13(10)17-14(18)11-6-2-3-7-12(11)15(17)19/h2-3,10-13H,1,4-9,16H2/t10?,11-,12+,13?. The lowest BCUT2D eigenvalue weighted by molar-refractivity contribution is -0.144. The number of nitrogens with two attached hydrogens (primary N) is 1. The van der Waals surface area contributed by atoms with Crippen molar-refractivity contribution in [1.29, 1.82) is 0 Å². The Balaban J connectivity index is 1.84. The van der Waals surface area contributed by atoms with Crippen LogP contribution in [0.4, 0.5) is 0 Å². The Morgan fingerprint density at radius 2 is 1.63 bits per heavy atom. The molecule has 2 unspecified atom stereocenters. The maximum absolute atomic E-state index is 12.5. The summed E-state index contributed by atoms with van der Waals surface area (Å²) in [5.74, 6) is 0.222. The van der Waals surface area contributed by atoms with E-state index in [0.29, 0.717) is 12.5 Å². The molecule has 2 amide bonds. The van der Waals surface area contributed by atoms with Gasteiger partial charge >= 0.3 is 0 Å². The summed E-state index contributed by atoms with van der Waals surface area (Å²) in [6.07, 6.45) is 9.79. The number of allylic oxidation sites excluding steroid dienone is 2. The number of amides is 2. The number of carbonyl (C=O) groups excluding carboxylic acids is 2. The van der Waals surface area contributed by atoms with E-state index < -0.39 is 0 Å². The number of likely N-dealkylation sites (tertiary alicyclic amines) is 1. The van der Waals surface area contributed by atoms with Crippen LogP contribution in [0.5, 0.6) is 0 Å². The first kappa shape index (κ1) is 12.9. The van der Waals surface area contributed by atoms with Crippen LogP contribution in [0.15, 0.2) is 12.2 Å². The molecule has 1 saturated heterocycles. The molecule has 0 bridgehead atoms. The van der Waals surface area contributed by atoms with Crippen molar-refractivity contribution in [2.24, 2.45) is 23.5 Å². The summed E-state index contributed by atoms with van der Waals surface area (Å²) in [6, 6.07) is 0.0596. The second kappa shape index (κ2) is 5.08. The highest BCUT2D eigenvalue weighted by molar-refractivity contribution is 6.05. The summed E-state index contributed by atoms with van der Waals surface area (Å²) in [4.78, 5) is 26.7. The van der Waals surface area contributed by atoms with E-state index in [2.05, 4.69) is 0 Å².